The van der Waals surface area contributed by atoms with Crippen LogP contribution < -0.4 is 29.6 Å². The summed E-state index contributed by atoms with van der Waals surface area (Å²) in [5, 5.41) is -1.57. The largest absolute Gasteiger partial charge is 1.00 e. The van der Waals surface area contributed by atoms with Gasteiger partial charge in [-0.1, -0.05) is 17.0 Å². The van der Waals surface area contributed by atoms with E-state index in [4.69, 9.17) is 20.0 Å². The number of carbonyl (C=O) groups excluding carboxylic acids is 2. The van der Waals surface area contributed by atoms with Crippen LogP contribution in [0.15, 0.2) is 0 Å². The monoisotopic (exact) mass is 418 g/mol. The molecule has 0 aliphatic heterocycles. The Morgan fingerprint density at radius 2 is 1.33 bits per heavy atom. The Hall–Kier alpha value is 0.130. The Morgan fingerprint density at radius 1 is 1.04 bits per heavy atom. The zero-order chi connectivity index (χ0) is 19.2. The average molecular weight is 419 g/mol. The second-order valence-electron chi connectivity index (χ2n) is 3.99. The fourth-order valence-corrected chi connectivity index (χ4v) is 1.17. The Balaban J connectivity index is -0.000000136. The molecule has 0 fully saturated rings. The molecule has 0 aliphatic rings. The minimum atomic E-state index is -3.30. The van der Waals surface area contributed by atoms with Crippen LogP contribution in [0, 0.1) is 0 Å². The van der Waals surface area contributed by atoms with Crippen LogP contribution >= 0.6 is 11.6 Å². The maximum Gasteiger partial charge on any atom is 1.00 e. The Bertz CT molecular complexity index is 509. The first kappa shape index (κ1) is 31.9. The van der Waals surface area contributed by atoms with Crippen molar-refractivity contribution in [1.29, 1.82) is 0 Å². The molecule has 140 valence electrons. The van der Waals surface area contributed by atoms with E-state index in [1.807, 2.05) is 0 Å². The Kier molecular flexibility index (Phi) is 23.8. The van der Waals surface area contributed by atoms with Crippen LogP contribution in [0.4, 0.5) is 0 Å². The van der Waals surface area contributed by atoms with Crippen LogP contribution in [-0.4, -0.2) is 56.7 Å². The minimum Gasteiger partial charge on any atom is -0.465 e. The fraction of sp³-hybridized carbons (Fsp3) is 0.833. The predicted octanol–water partition coefficient (Wildman–Crippen LogP) is -1.91. The van der Waals surface area contributed by atoms with E-state index in [0.29, 0.717) is 6.61 Å². The first-order valence-corrected chi connectivity index (χ1v) is 10.4. The van der Waals surface area contributed by atoms with Gasteiger partial charge in [0, 0.05) is 6.26 Å². The van der Waals surface area contributed by atoms with Gasteiger partial charge in [-0.25, -0.2) is 8.42 Å². The van der Waals surface area contributed by atoms with E-state index in [1.165, 1.54) is 6.92 Å². The molecule has 0 aromatic heterocycles. The number of alkyl halides is 1. The van der Waals surface area contributed by atoms with Crippen molar-refractivity contribution in [3.63, 3.8) is 0 Å². The van der Waals surface area contributed by atoms with Gasteiger partial charge in [-0.05, 0) is 27.7 Å². The summed E-state index contributed by atoms with van der Waals surface area (Å²) in [6.07, 6.45) is 2.09. The molecule has 2 atom stereocenters. The molecule has 0 amide bonds. The minimum absolute atomic E-state index is 0. The Labute approximate surface area is 172 Å². The van der Waals surface area contributed by atoms with Crippen molar-refractivity contribution in [1.82, 2.24) is 0 Å². The third-order valence-corrected chi connectivity index (χ3v) is 3.53. The van der Waals surface area contributed by atoms with E-state index in [-0.39, 0.29) is 42.1 Å². The summed E-state index contributed by atoms with van der Waals surface area (Å²) in [6, 6.07) is 0. The van der Waals surface area contributed by atoms with Gasteiger partial charge < -0.3 is 17.9 Å². The Morgan fingerprint density at radius 3 is 1.50 bits per heavy atom. The first-order chi connectivity index (χ1) is 10.3. The van der Waals surface area contributed by atoms with E-state index in [2.05, 4.69) is 9.47 Å². The van der Waals surface area contributed by atoms with Crippen LogP contribution in [0.2, 0.25) is 0 Å². The number of sulfone groups is 1. The van der Waals surface area contributed by atoms with E-state index < -0.39 is 37.1 Å². The third kappa shape index (κ3) is 24.4. The standard InChI is InChI=1S/C6H12O4S.C5H9ClO2.CH3O2S.Na/c1-4-10-6(7)5(2)11(3,8)9;1-3-8-5(7)4(2)6;1-4(2)3;/h5H,4H2,1-3H3;4H,3H2,1-2H3;1H3;/q;;-1;+1. The van der Waals surface area contributed by atoms with Gasteiger partial charge in [0.05, 0.1) is 13.2 Å². The number of carbonyl (C=O) groups is 2. The van der Waals surface area contributed by atoms with Gasteiger partial charge in [0.25, 0.3) is 0 Å². The molecule has 0 N–H and O–H groups in total. The van der Waals surface area contributed by atoms with Crippen molar-refractivity contribution in [2.75, 3.05) is 25.7 Å². The molecular formula is C12H24ClNaO8S2. The molecule has 8 nitrogen and oxygen atoms in total. The van der Waals surface area contributed by atoms with Gasteiger partial charge in [0.2, 0.25) is 0 Å². The molecule has 0 radical (unpaired) electrons. The van der Waals surface area contributed by atoms with Crippen LogP contribution in [-0.2, 0) is 48.0 Å². The van der Waals surface area contributed by atoms with Gasteiger partial charge in [0.1, 0.15) is 5.38 Å². The molecule has 0 aromatic rings. The summed E-state index contributed by atoms with van der Waals surface area (Å²) in [5.41, 5.74) is 0. The number of halogens is 1. The summed E-state index contributed by atoms with van der Waals surface area (Å²) in [4.78, 5) is 21.2. The number of hydrogen-bond acceptors (Lipinski definition) is 9. The van der Waals surface area contributed by atoms with Crippen molar-refractivity contribution in [2.24, 2.45) is 0 Å². The van der Waals surface area contributed by atoms with Crippen molar-refractivity contribution < 1.29 is 65.5 Å². The van der Waals surface area contributed by atoms with Gasteiger partial charge in [-0.15, -0.1) is 11.6 Å². The molecule has 0 heterocycles. The normalized spacial score (nSPS) is 12.2. The summed E-state index contributed by atoms with van der Waals surface area (Å²) in [5.74, 6) is -1.04. The maximum atomic E-state index is 10.8. The summed E-state index contributed by atoms with van der Waals surface area (Å²) >= 11 is 5.33. The molecule has 0 aromatic carbocycles. The molecule has 12 heteroatoms. The van der Waals surface area contributed by atoms with E-state index in [9.17, 15) is 18.0 Å². The first-order valence-electron chi connectivity index (χ1n) is 6.48. The number of rotatable bonds is 5. The number of esters is 2. The quantitative estimate of drug-likeness (QED) is 0.219. The second-order valence-corrected chi connectivity index (χ2v) is 7.82. The molecule has 0 spiro atoms. The van der Waals surface area contributed by atoms with Crippen LogP contribution in [0.5, 0.6) is 0 Å². The predicted molar refractivity (Wildman–Crippen MR) is 87.5 cm³/mol. The van der Waals surface area contributed by atoms with E-state index in [1.54, 1.807) is 20.8 Å². The van der Waals surface area contributed by atoms with Crippen molar-refractivity contribution in [3.8, 4) is 0 Å². The van der Waals surface area contributed by atoms with Gasteiger partial charge in [-0.3, -0.25) is 9.59 Å². The zero-order valence-electron chi connectivity index (χ0n) is 15.0. The molecule has 0 saturated carbocycles. The van der Waals surface area contributed by atoms with Crippen molar-refractivity contribution in [2.45, 2.75) is 38.3 Å². The maximum absolute atomic E-state index is 10.8. The van der Waals surface area contributed by atoms with Crippen LogP contribution in [0.25, 0.3) is 0 Å². The third-order valence-electron chi connectivity index (χ3n) is 1.87. The molecular weight excluding hydrogens is 395 g/mol. The summed E-state index contributed by atoms with van der Waals surface area (Å²) < 4.78 is 48.5. The molecule has 0 aliphatic carbocycles. The smallest absolute Gasteiger partial charge is 0.465 e. The zero-order valence-corrected chi connectivity index (χ0v) is 19.4. The second kappa shape index (κ2) is 17.9. The van der Waals surface area contributed by atoms with Gasteiger partial charge in [0.15, 0.2) is 15.1 Å². The summed E-state index contributed by atoms with van der Waals surface area (Å²) in [7, 11) is -5.16. The molecule has 0 saturated heterocycles. The SMILES string of the molecule is CCOC(=O)C(C)Cl.CCOC(=O)C(C)S(C)(=O)=O.C[S-](=O)=O.[Na+]. The van der Waals surface area contributed by atoms with E-state index in [0.717, 1.165) is 12.5 Å². The van der Waals surface area contributed by atoms with Crippen LogP contribution in [0.1, 0.15) is 27.7 Å². The van der Waals surface area contributed by atoms with Crippen molar-refractivity contribution >= 4 is 44.1 Å². The number of hydrogen-bond donors (Lipinski definition) is 0. The topological polar surface area (TPSA) is 121 Å². The van der Waals surface area contributed by atoms with Crippen molar-refractivity contribution in [3.05, 3.63) is 0 Å². The molecule has 2 unspecified atom stereocenters. The average Bonchev–Trinajstić information content (AvgIpc) is 2.37. The van der Waals surface area contributed by atoms with Gasteiger partial charge >= 0.3 is 41.5 Å². The van der Waals surface area contributed by atoms with Crippen LogP contribution in [0.3, 0.4) is 0 Å². The van der Waals surface area contributed by atoms with Gasteiger partial charge in [-0.2, -0.15) is 0 Å². The fourth-order valence-electron chi connectivity index (χ4n) is 0.691. The summed E-state index contributed by atoms with van der Waals surface area (Å²) in [6.45, 7) is 6.88. The molecule has 0 bridgehead atoms. The van der Waals surface area contributed by atoms with E-state index >= 15 is 0 Å². The number of ether oxygens (including phenoxy) is 2. The molecule has 0 rings (SSSR count). The molecule has 24 heavy (non-hydrogen) atoms.